The van der Waals surface area contributed by atoms with Gasteiger partial charge in [-0.15, -0.1) is 10.2 Å². The largest absolute Gasteiger partial charge is 0.497 e. The van der Waals surface area contributed by atoms with Crippen LogP contribution in [0.25, 0.3) is 0 Å². The average molecular weight is 369 g/mol. The van der Waals surface area contributed by atoms with Gasteiger partial charge >= 0.3 is 0 Å². The molecule has 2 aromatic carbocycles. The van der Waals surface area contributed by atoms with Crippen molar-refractivity contribution in [2.75, 3.05) is 18.2 Å². The Morgan fingerprint density at radius 1 is 1.12 bits per heavy atom. The molecule has 134 valence electrons. The van der Waals surface area contributed by atoms with Gasteiger partial charge < -0.3 is 14.5 Å². The van der Waals surface area contributed by atoms with Crippen molar-refractivity contribution in [3.8, 4) is 5.75 Å². The molecule has 0 bridgehead atoms. The van der Waals surface area contributed by atoms with Crippen LogP contribution in [0.5, 0.6) is 5.75 Å². The van der Waals surface area contributed by atoms with Crippen LogP contribution in [-0.2, 0) is 11.2 Å². The second kappa shape index (κ2) is 8.53. The molecule has 0 unspecified atom stereocenters. The summed E-state index contributed by atoms with van der Waals surface area (Å²) >= 11 is 1.21. The van der Waals surface area contributed by atoms with Crippen LogP contribution in [0.2, 0.25) is 0 Å². The molecular weight excluding hydrogens is 350 g/mol. The number of hydrogen-bond acceptors (Lipinski definition) is 6. The molecule has 0 saturated heterocycles. The summed E-state index contributed by atoms with van der Waals surface area (Å²) in [5.41, 5.74) is 3.02. The number of hydrogen-bond donors (Lipinski definition) is 1. The Morgan fingerprint density at radius 3 is 2.54 bits per heavy atom. The number of benzene rings is 2. The van der Waals surface area contributed by atoms with E-state index in [1.54, 1.807) is 31.4 Å². The summed E-state index contributed by atoms with van der Waals surface area (Å²) in [6.45, 7) is 2.04. The highest BCUT2D eigenvalue weighted by molar-refractivity contribution is 7.99. The van der Waals surface area contributed by atoms with Gasteiger partial charge in [-0.1, -0.05) is 41.6 Å². The van der Waals surface area contributed by atoms with Crippen LogP contribution >= 0.6 is 11.8 Å². The highest BCUT2D eigenvalue weighted by Gasteiger charge is 2.10. The van der Waals surface area contributed by atoms with Gasteiger partial charge in [-0.05, 0) is 36.8 Å². The van der Waals surface area contributed by atoms with E-state index in [1.165, 1.54) is 17.3 Å². The third-order valence-corrected chi connectivity index (χ3v) is 4.44. The number of amides is 1. The summed E-state index contributed by atoms with van der Waals surface area (Å²) in [6, 6.07) is 15.3. The Bertz CT molecular complexity index is 860. The summed E-state index contributed by atoms with van der Waals surface area (Å²) < 4.78 is 10.7. The van der Waals surface area contributed by atoms with E-state index in [2.05, 4.69) is 15.5 Å². The van der Waals surface area contributed by atoms with Gasteiger partial charge in [-0.2, -0.15) is 0 Å². The van der Waals surface area contributed by atoms with Crippen LogP contribution in [0.1, 0.15) is 17.0 Å². The van der Waals surface area contributed by atoms with Crippen LogP contribution in [0, 0.1) is 6.92 Å². The molecule has 0 radical (unpaired) electrons. The highest BCUT2D eigenvalue weighted by atomic mass is 32.2. The number of aromatic nitrogens is 2. The molecule has 1 aromatic heterocycles. The van der Waals surface area contributed by atoms with E-state index in [9.17, 15) is 4.79 Å². The number of nitrogens with one attached hydrogen (secondary N) is 1. The van der Waals surface area contributed by atoms with Crippen molar-refractivity contribution >= 4 is 23.4 Å². The van der Waals surface area contributed by atoms with Gasteiger partial charge in [-0.25, -0.2) is 0 Å². The van der Waals surface area contributed by atoms with Crippen LogP contribution in [0.3, 0.4) is 0 Å². The molecule has 0 spiro atoms. The second-order valence-corrected chi connectivity index (χ2v) is 6.62. The molecule has 1 N–H and O–H groups in total. The lowest BCUT2D eigenvalue weighted by atomic mass is 10.1. The first-order valence-corrected chi connectivity index (χ1v) is 9.05. The topological polar surface area (TPSA) is 77.2 Å². The smallest absolute Gasteiger partial charge is 0.277 e. The summed E-state index contributed by atoms with van der Waals surface area (Å²) in [7, 11) is 1.60. The predicted octanol–water partition coefficient (Wildman–Crippen LogP) is 3.71. The van der Waals surface area contributed by atoms with Crippen molar-refractivity contribution in [1.82, 2.24) is 10.2 Å². The molecule has 7 heteroatoms. The zero-order valence-electron chi connectivity index (χ0n) is 14.6. The lowest BCUT2D eigenvalue weighted by Gasteiger charge is -2.05. The summed E-state index contributed by atoms with van der Waals surface area (Å²) in [6.07, 6.45) is 0.575. The first kappa shape index (κ1) is 18.0. The zero-order valence-corrected chi connectivity index (χ0v) is 15.4. The second-order valence-electron chi connectivity index (χ2n) is 5.69. The number of anilines is 1. The van der Waals surface area contributed by atoms with E-state index >= 15 is 0 Å². The number of nitrogens with zero attached hydrogens (tertiary/aromatic N) is 2. The summed E-state index contributed by atoms with van der Waals surface area (Å²) in [5, 5.41) is 11.2. The summed E-state index contributed by atoms with van der Waals surface area (Å²) in [5.74, 6) is 1.33. The molecule has 3 rings (SSSR count). The monoisotopic (exact) mass is 369 g/mol. The molecule has 1 amide bonds. The van der Waals surface area contributed by atoms with Crippen LogP contribution in [0.15, 0.2) is 58.2 Å². The minimum atomic E-state index is -0.140. The Morgan fingerprint density at radius 2 is 1.85 bits per heavy atom. The number of aryl methyl sites for hydroxylation is 1. The lowest BCUT2D eigenvalue weighted by molar-refractivity contribution is -0.113. The number of methoxy groups -OCH3 is 1. The van der Waals surface area contributed by atoms with Gasteiger partial charge in [0.1, 0.15) is 5.75 Å². The van der Waals surface area contributed by atoms with Gasteiger partial charge in [0, 0.05) is 5.69 Å². The molecule has 0 aliphatic carbocycles. The number of ether oxygens (including phenoxy) is 1. The van der Waals surface area contributed by atoms with Gasteiger partial charge in [0.15, 0.2) is 0 Å². The Balaban J connectivity index is 1.49. The fourth-order valence-electron chi connectivity index (χ4n) is 2.25. The molecule has 0 saturated carbocycles. The van der Waals surface area contributed by atoms with Crippen molar-refractivity contribution in [3.63, 3.8) is 0 Å². The molecule has 1 heterocycles. The molecule has 26 heavy (non-hydrogen) atoms. The number of carbonyl (C=O) groups excluding carboxylic acids is 1. The maximum absolute atomic E-state index is 12.0. The SMILES string of the molecule is COc1ccc(NC(=O)CSc2nnc(Cc3ccc(C)cc3)o2)cc1. The number of rotatable bonds is 7. The van der Waals surface area contributed by atoms with Crippen molar-refractivity contribution < 1.29 is 13.9 Å². The Hall–Kier alpha value is -2.80. The van der Waals surface area contributed by atoms with E-state index in [-0.39, 0.29) is 11.7 Å². The maximum Gasteiger partial charge on any atom is 0.277 e. The van der Waals surface area contributed by atoms with Crippen molar-refractivity contribution in [1.29, 1.82) is 0 Å². The molecular formula is C19H19N3O3S. The van der Waals surface area contributed by atoms with Crippen LogP contribution in [-0.4, -0.2) is 29.0 Å². The third kappa shape index (κ3) is 5.10. The fraction of sp³-hybridized carbons (Fsp3) is 0.211. The van der Waals surface area contributed by atoms with Gasteiger partial charge in [-0.3, -0.25) is 4.79 Å². The quantitative estimate of drug-likeness (QED) is 0.640. The molecule has 3 aromatic rings. The molecule has 0 fully saturated rings. The summed E-state index contributed by atoms with van der Waals surface area (Å²) in [4.78, 5) is 12.0. The van der Waals surface area contributed by atoms with Crippen LogP contribution in [0.4, 0.5) is 5.69 Å². The van der Waals surface area contributed by atoms with Crippen LogP contribution < -0.4 is 10.1 Å². The first-order valence-electron chi connectivity index (χ1n) is 8.07. The van der Waals surface area contributed by atoms with Gasteiger partial charge in [0.05, 0.1) is 19.3 Å². The molecule has 0 aliphatic rings. The van der Waals surface area contributed by atoms with E-state index in [1.807, 2.05) is 31.2 Å². The van der Waals surface area contributed by atoms with Crippen molar-refractivity contribution in [2.45, 2.75) is 18.6 Å². The minimum Gasteiger partial charge on any atom is -0.497 e. The normalized spacial score (nSPS) is 10.5. The third-order valence-electron chi connectivity index (χ3n) is 3.62. The predicted molar refractivity (Wildman–Crippen MR) is 101 cm³/mol. The Kier molecular flexibility index (Phi) is 5.91. The first-order chi connectivity index (χ1) is 12.6. The molecule has 0 aliphatic heterocycles. The molecule has 0 atom stereocenters. The average Bonchev–Trinajstić information content (AvgIpc) is 3.10. The van der Waals surface area contributed by atoms with E-state index in [0.29, 0.717) is 23.2 Å². The van der Waals surface area contributed by atoms with E-state index in [4.69, 9.17) is 9.15 Å². The zero-order chi connectivity index (χ0) is 18.4. The maximum atomic E-state index is 12.0. The minimum absolute atomic E-state index is 0.140. The number of carbonyl (C=O) groups is 1. The highest BCUT2D eigenvalue weighted by Crippen LogP contribution is 2.19. The van der Waals surface area contributed by atoms with Gasteiger partial charge in [0.2, 0.25) is 11.8 Å². The van der Waals surface area contributed by atoms with E-state index < -0.39 is 0 Å². The molecule has 6 nitrogen and oxygen atoms in total. The van der Waals surface area contributed by atoms with Gasteiger partial charge in [0.25, 0.3) is 5.22 Å². The van der Waals surface area contributed by atoms with Crippen molar-refractivity contribution in [3.05, 3.63) is 65.5 Å². The number of thioether (sulfide) groups is 1. The fourth-order valence-corrected chi connectivity index (χ4v) is 2.83. The van der Waals surface area contributed by atoms with Crippen molar-refractivity contribution in [2.24, 2.45) is 0 Å². The Labute approximate surface area is 156 Å². The lowest BCUT2D eigenvalue weighted by Crippen LogP contribution is -2.13. The van der Waals surface area contributed by atoms with E-state index in [0.717, 1.165) is 11.3 Å². The standard InChI is InChI=1S/C19H19N3O3S/c1-13-3-5-14(6-4-13)11-18-21-22-19(25-18)26-12-17(23)20-15-7-9-16(24-2)10-8-15/h3-10H,11-12H2,1-2H3,(H,20,23).